The fourth-order valence-electron chi connectivity index (χ4n) is 1.58. The maximum absolute atomic E-state index is 11.7. The Kier molecular flexibility index (Phi) is 7.34. The molecule has 2 atom stereocenters. The third-order valence-corrected chi connectivity index (χ3v) is 2.36. The van der Waals surface area contributed by atoms with Gasteiger partial charge in [-0.2, -0.15) is 0 Å². The SMILES string of the molecule is CCCC(C)C(=O)N(C)CC(O)COC. The smallest absolute Gasteiger partial charge is 0.225 e. The van der Waals surface area contributed by atoms with Crippen molar-refractivity contribution in [1.29, 1.82) is 0 Å². The summed E-state index contributed by atoms with van der Waals surface area (Å²) in [5.41, 5.74) is 0. The molecule has 0 fully saturated rings. The van der Waals surface area contributed by atoms with Gasteiger partial charge in [-0.3, -0.25) is 4.79 Å². The average molecular weight is 217 g/mol. The van der Waals surface area contributed by atoms with Gasteiger partial charge in [0.25, 0.3) is 0 Å². The van der Waals surface area contributed by atoms with E-state index in [4.69, 9.17) is 4.74 Å². The summed E-state index contributed by atoms with van der Waals surface area (Å²) in [7, 11) is 3.25. The van der Waals surface area contributed by atoms with Gasteiger partial charge in [-0.25, -0.2) is 0 Å². The molecular formula is C11H23NO3. The molecule has 0 spiro atoms. The fourth-order valence-corrected chi connectivity index (χ4v) is 1.58. The molecule has 0 aliphatic heterocycles. The summed E-state index contributed by atoms with van der Waals surface area (Å²) in [6, 6.07) is 0. The molecule has 1 amide bonds. The Hall–Kier alpha value is -0.610. The van der Waals surface area contributed by atoms with Crippen LogP contribution in [0.4, 0.5) is 0 Å². The molecule has 0 aromatic heterocycles. The average Bonchev–Trinajstić information content (AvgIpc) is 2.17. The van der Waals surface area contributed by atoms with Crippen LogP contribution in [-0.2, 0) is 9.53 Å². The van der Waals surface area contributed by atoms with Crippen molar-refractivity contribution in [2.75, 3.05) is 27.3 Å². The van der Waals surface area contributed by atoms with Crippen LogP contribution in [0.15, 0.2) is 0 Å². The molecular weight excluding hydrogens is 194 g/mol. The molecule has 0 aromatic rings. The van der Waals surface area contributed by atoms with Crippen molar-refractivity contribution in [3.8, 4) is 0 Å². The van der Waals surface area contributed by atoms with Crippen molar-refractivity contribution in [3.05, 3.63) is 0 Å². The molecule has 1 N–H and O–H groups in total. The van der Waals surface area contributed by atoms with Crippen molar-refractivity contribution in [3.63, 3.8) is 0 Å². The zero-order valence-corrected chi connectivity index (χ0v) is 10.2. The van der Waals surface area contributed by atoms with Gasteiger partial charge in [0, 0.05) is 26.6 Å². The standard InChI is InChI=1S/C11H23NO3/c1-5-6-9(2)11(14)12(3)7-10(13)8-15-4/h9-10,13H,5-8H2,1-4H3. The summed E-state index contributed by atoms with van der Waals surface area (Å²) in [6.07, 6.45) is 1.29. The zero-order valence-electron chi connectivity index (χ0n) is 10.2. The lowest BCUT2D eigenvalue weighted by Gasteiger charge is -2.23. The predicted molar refractivity (Wildman–Crippen MR) is 59.6 cm³/mol. The number of methoxy groups -OCH3 is 1. The molecule has 4 heteroatoms. The molecule has 0 aliphatic carbocycles. The van der Waals surface area contributed by atoms with Gasteiger partial charge in [0.15, 0.2) is 0 Å². The van der Waals surface area contributed by atoms with Crippen LogP contribution < -0.4 is 0 Å². The molecule has 0 aliphatic rings. The van der Waals surface area contributed by atoms with E-state index < -0.39 is 6.10 Å². The zero-order chi connectivity index (χ0) is 11.8. The van der Waals surface area contributed by atoms with E-state index in [1.54, 1.807) is 11.9 Å². The normalized spacial score (nSPS) is 14.7. The molecule has 0 saturated carbocycles. The van der Waals surface area contributed by atoms with Gasteiger partial charge in [-0.05, 0) is 6.42 Å². The van der Waals surface area contributed by atoms with E-state index in [2.05, 4.69) is 6.92 Å². The van der Waals surface area contributed by atoms with Crippen molar-refractivity contribution in [2.24, 2.45) is 5.92 Å². The molecule has 15 heavy (non-hydrogen) atoms. The van der Waals surface area contributed by atoms with Crippen LogP contribution in [0.25, 0.3) is 0 Å². The first-order valence-electron chi connectivity index (χ1n) is 5.44. The number of hydrogen-bond acceptors (Lipinski definition) is 3. The van der Waals surface area contributed by atoms with Crippen LogP contribution in [0.2, 0.25) is 0 Å². The van der Waals surface area contributed by atoms with E-state index in [1.165, 1.54) is 7.11 Å². The second kappa shape index (κ2) is 7.65. The summed E-state index contributed by atoms with van der Waals surface area (Å²) < 4.78 is 4.80. The second-order valence-electron chi connectivity index (χ2n) is 4.02. The van der Waals surface area contributed by atoms with Gasteiger partial charge in [0.2, 0.25) is 5.91 Å². The highest BCUT2D eigenvalue weighted by molar-refractivity contribution is 5.78. The molecule has 90 valence electrons. The van der Waals surface area contributed by atoms with E-state index in [0.29, 0.717) is 6.54 Å². The van der Waals surface area contributed by atoms with E-state index in [-0.39, 0.29) is 18.4 Å². The molecule has 0 rings (SSSR count). The minimum absolute atomic E-state index is 0.0368. The Morgan fingerprint density at radius 1 is 1.53 bits per heavy atom. The van der Waals surface area contributed by atoms with Crippen LogP contribution >= 0.6 is 0 Å². The van der Waals surface area contributed by atoms with Gasteiger partial charge in [-0.15, -0.1) is 0 Å². The van der Waals surface area contributed by atoms with Gasteiger partial charge in [-0.1, -0.05) is 20.3 Å². The lowest BCUT2D eigenvalue weighted by atomic mass is 10.0. The van der Waals surface area contributed by atoms with Crippen LogP contribution in [-0.4, -0.2) is 49.3 Å². The lowest BCUT2D eigenvalue weighted by Crippen LogP contribution is -2.38. The largest absolute Gasteiger partial charge is 0.389 e. The Bertz CT molecular complexity index is 185. The monoisotopic (exact) mass is 217 g/mol. The Balaban J connectivity index is 3.97. The number of hydrogen-bond donors (Lipinski definition) is 1. The minimum Gasteiger partial charge on any atom is -0.389 e. The fraction of sp³-hybridized carbons (Fsp3) is 0.909. The first-order chi connectivity index (χ1) is 7.02. The number of amides is 1. The Labute approximate surface area is 92.2 Å². The third-order valence-electron chi connectivity index (χ3n) is 2.36. The lowest BCUT2D eigenvalue weighted by molar-refractivity contribution is -0.135. The van der Waals surface area contributed by atoms with Gasteiger partial charge < -0.3 is 14.7 Å². The summed E-state index contributed by atoms with van der Waals surface area (Å²) in [4.78, 5) is 13.3. The minimum atomic E-state index is -0.599. The van der Waals surface area contributed by atoms with E-state index in [1.807, 2.05) is 6.92 Å². The summed E-state index contributed by atoms with van der Waals surface area (Å²) >= 11 is 0. The van der Waals surface area contributed by atoms with Gasteiger partial charge >= 0.3 is 0 Å². The first-order valence-corrected chi connectivity index (χ1v) is 5.44. The number of likely N-dealkylation sites (N-methyl/N-ethyl adjacent to an activating group) is 1. The molecule has 0 aromatic carbocycles. The van der Waals surface area contributed by atoms with E-state index in [0.717, 1.165) is 12.8 Å². The van der Waals surface area contributed by atoms with E-state index in [9.17, 15) is 9.90 Å². The molecule has 0 radical (unpaired) electrons. The van der Waals surface area contributed by atoms with Crippen molar-refractivity contribution in [1.82, 2.24) is 4.90 Å². The molecule has 4 nitrogen and oxygen atoms in total. The summed E-state index contributed by atoms with van der Waals surface area (Å²) in [5.74, 6) is 0.127. The molecule has 0 bridgehead atoms. The molecule has 0 heterocycles. The summed E-state index contributed by atoms with van der Waals surface area (Å²) in [5, 5.41) is 9.46. The number of carbonyl (C=O) groups excluding carboxylic acids is 1. The maximum atomic E-state index is 11.7. The van der Waals surface area contributed by atoms with Crippen molar-refractivity contribution < 1.29 is 14.6 Å². The first kappa shape index (κ1) is 14.4. The quantitative estimate of drug-likeness (QED) is 0.689. The highest BCUT2D eigenvalue weighted by Gasteiger charge is 2.18. The van der Waals surface area contributed by atoms with Crippen molar-refractivity contribution in [2.45, 2.75) is 32.8 Å². The number of carbonyl (C=O) groups is 1. The molecule has 0 saturated heterocycles. The predicted octanol–water partition coefficient (Wildman–Crippen LogP) is 0.888. The summed E-state index contributed by atoms with van der Waals surface area (Å²) in [6.45, 7) is 4.58. The van der Waals surface area contributed by atoms with Gasteiger partial charge in [0.05, 0.1) is 12.7 Å². The Morgan fingerprint density at radius 3 is 2.60 bits per heavy atom. The number of rotatable bonds is 7. The number of aliphatic hydroxyl groups excluding tert-OH is 1. The van der Waals surface area contributed by atoms with Crippen LogP contribution in [0, 0.1) is 5.92 Å². The molecule has 2 unspecified atom stereocenters. The maximum Gasteiger partial charge on any atom is 0.225 e. The van der Waals surface area contributed by atoms with Crippen LogP contribution in [0.3, 0.4) is 0 Å². The van der Waals surface area contributed by atoms with Crippen LogP contribution in [0.1, 0.15) is 26.7 Å². The van der Waals surface area contributed by atoms with Crippen molar-refractivity contribution >= 4 is 5.91 Å². The number of nitrogens with zero attached hydrogens (tertiary/aromatic N) is 1. The second-order valence-corrected chi connectivity index (χ2v) is 4.02. The number of aliphatic hydroxyl groups is 1. The third kappa shape index (κ3) is 5.74. The van der Waals surface area contributed by atoms with Crippen LogP contribution in [0.5, 0.6) is 0 Å². The van der Waals surface area contributed by atoms with E-state index >= 15 is 0 Å². The van der Waals surface area contributed by atoms with Gasteiger partial charge in [0.1, 0.15) is 0 Å². The highest BCUT2D eigenvalue weighted by Crippen LogP contribution is 2.08. The topological polar surface area (TPSA) is 49.8 Å². The Morgan fingerprint density at radius 2 is 2.13 bits per heavy atom. The number of ether oxygens (including phenoxy) is 1. The highest BCUT2D eigenvalue weighted by atomic mass is 16.5.